The van der Waals surface area contributed by atoms with Gasteiger partial charge in [0, 0.05) is 25.6 Å². The Morgan fingerprint density at radius 2 is 1.88 bits per heavy atom. The van der Waals surface area contributed by atoms with E-state index in [1.807, 2.05) is 39.8 Å². The Kier molecular flexibility index (Phi) is 7.23. The zero-order chi connectivity index (χ0) is 24.5. The number of rotatable bonds is 6. The molecule has 180 valence electrons. The van der Waals surface area contributed by atoms with Gasteiger partial charge in [-0.2, -0.15) is 5.10 Å². The molecule has 1 aliphatic rings. The van der Waals surface area contributed by atoms with E-state index in [0.717, 1.165) is 5.56 Å². The Morgan fingerprint density at radius 3 is 2.39 bits per heavy atom. The van der Waals surface area contributed by atoms with Crippen molar-refractivity contribution in [2.75, 3.05) is 13.6 Å². The molecule has 2 heterocycles. The molecule has 33 heavy (non-hydrogen) atoms. The molecule has 1 aliphatic heterocycles. The van der Waals surface area contributed by atoms with Crippen LogP contribution in [0.1, 0.15) is 45.7 Å². The van der Waals surface area contributed by atoms with Gasteiger partial charge in [0.15, 0.2) is 5.82 Å². The Hall–Kier alpha value is -2.78. The monoisotopic (exact) mass is 459 g/mol. The molecule has 1 aromatic heterocycles. The molecule has 1 saturated heterocycles. The minimum absolute atomic E-state index is 0.129. The van der Waals surface area contributed by atoms with Crippen LogP contribution in [0, 0.1) is 11.2 Å². The summed E-state index contributed by atoms with van der Waals surface area (Å²) in [6.07, 6.45) is 0.627. The second-order valence-corrected chi connectivity index (χ2v) is 9.80. The van der Waals surface area contributed by atoms with Gasteiger partial charge in [-0.25, -0.2) is 4.39 Å². The molecule has 1 aromatic carbocycles. The molecule has 8 nitrogen and oxygen atoms in total. The van der Waals surface area contributed by atoms with Crippen LogP contribution in [0.25, 0.3) is 11.3 Å². The molecule has 3 N–H and O–H groups in total. The van der Waals surface area contributed by atoms with E-state index in [-0.39, 0.29) is 36.2 Å². The van der Waals surface area contributed by atoms with Crippen molar-refractivity contribution in [3.8, 4) is 11.3 Å². The molecule has 2 aromatic rings. The lowest BCUT2D eigenvalue weighted by Gasteiger charge is -2.34. The van der Waals surface area contributed by atoms with E-state index in [2.05, 4.69) is 15.7 Å². The Morgan fingerprint density at radius 1 is 1.24 bits per heavy atom. The summed E-state index contributed by atoms with van der Waals surface area (Å²) in [5, 5.41) is 20.1. The van der Waals surface area contributed by atoms with Crippen LogP contribution >= 0.6 is 0 Å². The number of nitrogens with one attached hydrogen (secondary N) is 2. The van der Waals surface area contributed by atoms with Gasteiger partial charge >= 0.3 is 0 Å². The molecular weight excluding hydrogens is 425 g/mol. The number of carbonyl (C=O) groups is 2. The van der Waals surface area contributed by atoms with E-state index in [1.54, 1.807) is 26.2 Å². The quantitative estimate of drug-likeness (QED) is 0.614. The van der Waals surface area contributed by atoms with Crippen molar-refractivity contribution in [1.82, 2.24) is 25.3 Å². The summed E-state index contributed by atoms with van der Waals surface area (Å²) in [5.74, 6) is -0.902. The predicted molar refractivity (Wildman–Crippen MR) is 124 cm³/mol. The summed E-state index contributed by atoms with van der Waals surface area (Å²) in [7, 11) is 3.40. The van der Waals surface area contributed by atoms with Crippen LogP contribution in [-0.4, -0.2) is 63.4 Å². The van der Waals surface area contributed by atoms with Crippen LogP contribution in [-0.2, 0) is 16.6 Å². The number of β-amino-alcohol motifs (C(OH)–C–C–N with tert-alkyl or cyclic N) is 1. The van der Waals surface area contributed by atoms with Gasteiger partial charge in [-0.3, -0.25) is 14.3 Å². The van der Waals surface area contributed by atoms with Crippen molar-refractivity contribution in [2.24, 2.45) is 12.5 Å². The minimum atomic E-state index is -0.745. The molecule has 1 fully saturated rings. The molecule has 0 aliphatic carbocycles. The highest BCUT2D eigenvalue weighted by molar-refractivity contribution is 5.91. The number of nitrogens with zero attached hydrogens (tertiary/aromatic N) is 3. The van der Waals surface area contributed by atoms with Crippen molar-refractivity contribution in [2.45, 2.75) is 58.3 Å². The number of benzene rings is 1. The first-order valence-electron chi connectivity index (χ1n) is 11.2. The molecule has 2 unspecified atom stereocenters. The lowest BCUT2D eigenvalue weighted by Crippen LogP contribution is -2.56. The summed E-state index contributed by atoms with van der Waals surface area (Å²) < 4.78 is 15.5. The second-order valence-electron chi connectivity index (χ2n) is 9.80. The zero-order valence-electron chi connectivity index (χ0n) is 20.1. The van der Waals surface area contributed by atoms with E-state index < -0.39 is 24.0 Å². The fourth-order valence-corrected chi connectivity index (χ4v) is 4.46. The highest BCUT2D eigenvalue weighted by Gasteiger charge is 2.43. The minimum Gasteiger partial charge on any atom is -0.391 e. The number of amides is 2. The van der Waals surface area contributed by atoms with E-state index in [9.17, 15) is 19.1 Å². The number of aryl methyl sites for hydroxylation is 1. The number of hydrogen-bond acceptors (Lipinski definition) is 5. The van der Waals surface area contributed by atoms with Crippen LogP contribution in [0.15, 0.2) is 30.5 Å². The number of halogens is 1. The maximum absolute atomic E-state index is 14.0. The van der Waals surface area contributed by atoms with Crippen molar-refractivity contribution in [1.29, 1.82) is 0 Å². The lowest BCUT2D eigenvalue weighted by atomic mass is 9.86. The van der Waals surface area contributed by atoms with Gasteiger partial charge in [0.25, 0.3) is 0 Å². The third kappa shape index (κ3) is 5.25. The number of likely N-dealkylation sites (N-methyl/N-ethyl adjacent to an activating group) is 1. The van der Waals surface area contributed by atoms with Gasteiger partial charge in [0.05, 0.1) is 24.4 Å². The number of aliphatic hydroxyl groups is 1. The van der Waals surface area contributed by atoms with E-state index in [1.165, 1.54) is 15.8 Å². The number of hydrogen-bond donors (Lipinski definition) is 3. The van der Waals surface area contributed by atoms with Gasteiger partial charge in [0.2, 0.25) is 11.8 Å². The lowest BCUT2D eigenvalue weighted by molar-refractivity contribution is -0.142. The van der Waals surface area contributed by atoms with Gasteiger partial charge in [-0.15, -0.1) is 0 Å². The average molecular weight is 460 g/mol. The molecule has 0 bridgehead atoms. The van der Waals surface area contributed by atoms with Crippen LogP contribution in [0.2, 0.25) is 0 Å². The molecule has 2 amide bonds. The summed E-state index contributed by atoms with van der Waals surface area (Å²) in [6.45, 7) is 7.84. The van der Waals surface area contributed by atoms with Gasteiger partial charge in [-0.1, -0.05) is 45.0 Å². The van der Waals surface area contributed by atoms with Crippen molar-refractivity contribution >= 4 is 11.8 Å². The first kappa shape index (κ1) is 24.9. The van der Waals surface area contributed by atoms with Crippen LogP contribution in [0.5, 0.6) is 0 Å². The van der Waals surface area contributed by atoms with Crippen LogP contribution in [0.4, 0.5) is 4.39 Å². The van der Waals surface area contributed by atoms with Gasteiger partial charge in [0.1, 0.15) is 11.7 Å². The van der Waals surface area contributed by atoms with Crippen LogP contribution < -0.4 is 10.6 Å². The van der Waals surface area contributed by atoms with Gasteiger partial charge < -0.3 is 20.6 Å². The third-order valence-electron chi connectivity index (χ3n) is 6.20. The first-order chi connectivity index (χ1) is 15.4. The average Bonchev–Trinajstić information content (AvgIpc) is 3.29. The largest absolute Gasteiger partial charge is 0.391 e. The Labute approximate surface area is 194 Å². The van der Waals surface area contributed by atoms with E-state index in [4.69, 9.17) is 0 Å². The SMILES string of the molecule is CNC(C(=O)N1C[C@H](O)C[C@H]1C(=O)NC(C)c1ccc(-c2c(F)cnn2C)cc1)C(C)(C)C. The fraction of sp³-hybridized carbons (Fsp3) is 0.542. The first-order valence-corrected chi connectivity index (χ1v) is 11.2. The van der Waals surface area contributed by atoms with E-state index >= 15 is 0 Å². The number of aromatic nitrogens is 2. The van der Waals surface area contributed by atoms with Crippen molar-refractivity contribution in [3.05, 3.63) is 41.8 Å². The topological polar surface area (TPSA) is 99.5 Å². The Balaban J connectivity index is 1.72. The van der Waals surface area contributed by atoms with Gasteiger partial charge in [-0.05, 0) is 24.9 Å². The normalized spacial score (nSPS) is 20.5. The maximum atomic E-state index is 14.0. The standard InChI is InChI=1S/C24H34FN5O3/c1-14(15-7-9-16(10-8-15)20-18(25)12-27-29(20)6)28-22(32)19-11-17(31)13-30(19)23(33)21(26-5)24(2,3)4/h7-10,12,14,17,19,21,26,31H,11,13H2,1-6H3,(H,28,32)/t14?,17-,19+,21?/m1/s1. The molecule has 0 saturated carbocycles. The maximum Gasteiger partial charge on any atom is 0.243 e. The number of carbonyl (C=O) groups excluding carboxylic acids is 2. The molecule has 0 spiro atoms. The second kappa shape index (κ2) is 9.61. The third-order valence-corrected chi connectivity index (χ3v) is 6.20. The highest BCUT2D eigenvalue weighted by atomic mass is 19.1. The summed E-state index contributed by atoms with van der Waals surface area (Å²) in [6, 6.07) is 5.68. The molecular formula is C24H34FN5O3. The number of aliphatic hydroxyl groups excluding tert-OH is 1. The Bertz CT molecular complexity index is 979. The fourth-order valence-electron chi connectivity index (χ4n) is 4.46. The summed E-state index contributed by atoms with van der Waals surface area (Å²) in [4.78, 5) is 27.8. The highest BCUT2D eigenvalue weighted by Crippen LogP contribution is 2.27. The summed E-state index contributed by atoms with van der Waals surface area (Å²) in [5.41, 5.74) is 1.58. The zero-order valence-corrected chi connectivity index (χ0v) is 20.1. The smallest absolute Gasteiger partial charge is 0.243 e. The molecule has 3 rings (SSSR count). The summed E-state index contributed by atoms with van der Waals surface area (Å²) >= 11 is 0. The van der Waals surface area contributed by atoms with Crippen molar-refractivity contribution in [3.63, 3.8) is 0 Å². The molecule has 0 radical (unpaired) electrons. The predicted octanol–water partition coefficient (Wildman–Crippen LogP) is 2.00. The number of likely N-dealkylation sites (tertiary alicyclic amines) is 1. The molecule has 4 atom stereocenters. The van der Waals surface area contributed by atoms with Crippen molar-refractivity contribution < 1.29 is 19.1 Å². The van der Waals surface area contributed by atoms with E-state index in [0.29, 0.717) is 11.3 Å². The molecule has 9 heteroatoms. The van der Waals surface area contributed by atoms with Crippen LogP contribution in [0.3, 0.4) is 0 Å².